The van der Waals surface area contributed by atoms with Gasteiger partial charge in [0.15, 0.2) is 4.77 Å². The molecule has 0 bridgehead atoms. The van der Waals surface area contributed by atoms with Crippen LogP contribution in [0.4, 0.5) is 0 Å². The first kappa shape index (κ1) is 14.1. The Morgan fingerprint density at radius 3 is 2.89 bits per heavy atom. The second-order valence-electron chi connectivity index (χ2n) is 4.81. The maximum Gasteiger partial charge on any atom is 0.178 e. The number of aromatic amines is 1. The van der Waals surface area contributed by atoms with E-state index >= 15 is 0 Å². The van der Waals surface area contributed by atoms with Crippen molar-refractivity contribution in [1.82, 2.24) is 9.55 Å². The molecule has 0 amide bonds. The van der Waals surface area contributed by atoms with Gasteiger partial charge in [0.25, 0.3) is 0 Å². The van der Waals surface area contributed by atoms with E-state index in [9.17, 15) is 0 Å². The van der Waals surface area contributed by atoms with Crippen LogP contribution in [-0.4, -0.2) is 9.55 Å². The van der Waals surface area contributed by atoms with Crippen molar-refractivity contribution in [1.29, 1.82) is 0 Å². The predicted molar refractivity (Wildman–Crippen MR) is 88.7 cm³/mol. The van der Waals surface area contributed by atoms with Gasteiger partial charge in [0.1, 0.15) is 0 Å². The molecule has 1 heterocycles. The van der Waals surface area contributed by atoms with Crippen molar-refractivity contribution in [2.45, 2.75) is 45.6 Å². The van der Waals surface area contributed by atoms with Gasteiger partial charge < -0.3 is 9.55 Å². The van der Waals surface area contributed by atoms with E-state index in [1.165, 1.54) is 34.8 Å². The van der Waals surface area contributed by atoms with Gasteiger partial charge in [-0.25, -0.2) is 0 Å². The van der Waals surface area contributed by atoms with Crippen LogP contribution < -0.4 is 0 Å². The molecule has 0 spiro atoms. The number of aromatic nitrogens is 2. The van der Waals surface area contributed by atoms with Gasteiger partial charge >= 0.3 is 0 Å². The molecule has 0 aliphatic heterocycles. The molecule has 1 aromatic carbocycles. The second-order valence-corrected chi connectivity index (χ2v) is 6.44. The van der Waals surface area contributed by atoms with Gasteiger partial charge in [-0.1, -0.05) is 26.2 Å². The highest BCUT2D eigenvalue weighted by Crippen LogP contribution is 2.24. The Labute approximate surface area is 127 Å². The van der Waals surface area contributed by atoms with E-state index < -0.39 is 0 Å². The van der Waals surface area contributed by atoms with Crippen LogP contribution in [0.3, 0.4) is 0 Å². The Morgan fingerprint density at radius 1 is 1.39 bits per heavy atom. The van der Waals surface area contributed by atoms with Crippen LogP contribution >= 0.6 is 34.8 Å². The fraction of sp³-hybridized carbons (Fsp3) is 0.500. The molecule has 0 saturated heterocycles. The van der Waals surface area contributed by atoms with Gasteiger partial charge in [-0.05, 0) is 66.4 Å². The molecule has 0 fully saturated rings. The summed E-state index contributed by atoms with van der Waals surface area (Å²) in [7, 11) is 0. The molecule has 4 heteroatoms. The van der Waals surface area contributed by atoms with Crippen LogP contribution in [0.25, 0.3) is 11.0 Å². The van der Waals surface area contributed by atoms with Crippen LogP contribution in [0.1, 0.15) is 45.6 Å². The molecule has 1 aromatic heterocycles. The molecule has 2 nitrogen and oxygen atoms in total. The van der Waals surface area contributed by atoms with E-state index in [1.54, 1.807) is 0 Å². The summed E-state index contributed by atoms with van der Waals surface area (Å²) in [5.74, 6) is 0. The average Bonchev–Trinajstić information content (AvgIpc) is 2.64. The first-order chi connectivity index (χ1) is 8.63. The zero-order valence-corrected chi connectivity index (χ0v) is 13.8. The fourth-order valence-corrected chi connectivity index (χ4v) is 3.24. The van der Waals surface area contributed by atoms with E-state index in [0.29, 0.717) is 6.04 Å². The van der Waals surface area contributed by atoms with Crippen molar-refractivity contribution in [3.63, 3.8) is 0 Å². The minimum absolute atomic E-state index is 0.470. The minimum Gasteiger partial charge on any atom is -0.331 e. The SMILES string of the molecule is CCCCCC(C)n1c(=S)[nH]c2cc(I)ccc21. The van der Waals surface area contributed by atoms with Gasteiger partial charge in [0, 0.05) is 9.61 Å². The summed E-state index contributed by atoms with van der Waals surface area (Å²) in [4.78, 5) is 3.31. The lowest BCUT2D eigenvalue weighted by molar-refractivity contribution is 0.483. The summed E-state index contributed by atoms with van der Waals surface area (Å²) in [5, 5.41) is 0. The van der Waals surface area contributed by atoms with E-state index in [1.807, 2.05) is 0 Å². The van der Waals surface area contributed by atoms with E-state index in [-0.39, 0.29) is 0 Å². The van der Waals surface area contributed by atoms with E-state index in [2.05, 4.69) is 64.2 Å². The molecule has 0 saturated carbocycles. The molecule has 98 valence electrons. The molecule has 2 rings (SSSR count). The van der Waals surface area contributed by atoms with Crippen molar-refractivity contribution in [2.75, 3.05) is 0 Å². The highest BCUT2D eigenvalue weighted by Gasteiger charge is 2.10. The zero-order valence-electron chi connectivity index (χ0n) is 10.9. The highest BCUT2D eigenvalue weighted by molar-refractivity contribution is 14.1. The minimum atomic E-state index is 0.470. The number of hydrogen-bond donors (Lipinski definition) is 1. The summed E-state index contributed by atoms with van der Waals surface area (Å²) in [5.41, 5.74) is 2.37. The molecule has 18 heavy (non-hydrogen) atoms. The molecular formula is C14H19IN2S. The maximum absolute atomic E-state index is 5.46. The summed E-state index contributed by atoms with van der Waals surface area (Å²) >= 11 is 7.79. The molecule has 0 aliphatic carbocycles. The molecule has 0 aliphatic rings. The van der Waals surface area contributed by atoms with E-state index in [0.717, 1.165) is 10.3 Å². The number of H-pyrrole nitrogens is 1. The summed E-state index contributed by atoms with van der Waals surface area (Å²) in [6.45, 7) is 4.50. The third kappa shape index (κ3) is 2.96. The standard InChI is InChI=1S/C14H19IN2S/c1-3-4-5-6-10(2)17-13-8-7-11(15)9-12(13)16-14(17)18/h7-10H,3-6H2,1-2H3,(H,16,18). The van der Waals surface area contributed by atoms with Gasteiger partial charge in [0.05, 0.1) is 11.0 Å². The fourth-order valence-electron chi connectivity index (χ4n) is 2.36. The average molecular weight is 374 g/mol. The van der Waals surface area contributed by atoms with Crippen molar-refractivity contribution in [2.24, 2.45) is 0 Å². The number of unbranched alkanes of at least 4 members (excludes halogenated alkanes) is 2. The summed E-state index contributed by atoms with van der Waals surface area (Å²) < 4.78 is 4.34. The third-order valence-corrected chi connectivity index (χ3v) is 4.31. The van der Waals surface area contributed by atoms with Crippen LogP contribution in [0.15, 0.2) is 18.2 Å². The Balaban J connectivity index is 2.32. The van der Waals surface area contributed by atoms with Crippen molar-refractivity contribution in [3.8, 4) is 0 Å². The van der Waals surface area contributed by atoms with Crippen LogP contribution in [0, 0.1) is 8.34 Å². The van der Waals surface area contributed by atoms with Crippen molar-refractivity contribution in [3.05, 3.63) is 26.5 Å². The Kier molecular flexibility index (Phi) is 4.84. The van der Waals surface area contributed by atoms with Crippen molar-refractivity contribution < 1.29 is 0 Å². The topological polar surface area (TPSA) is 20.7 Å². The highest BCUT2D eigenvalue weighted by atomic mass is 127. The molecule has 2 aromatic rings. The van der Waals surface area contributed by atoms with Gasteiger partial charge in [-0.2, -0.15) is 0 Å². The Morgan fingerprint density at radius 2 is 2.17 bits per heavy atom. The lowest BCUT2D eigenvalue weighted by Crippen LogP contribution is -2.05. The van der Waals surface area contributed by atoms with Gasteiger partial charge in [0.2, 0.25) is 0 Å². The second kappa shape index (κ2) is 6.19. The molecule has 0 radical (unpaired) electrons. The Bertz CT molecular complexity index is 585. The van der Waals surface area contributed by atoms with Crippen molar-refractivity contribution >= 4 is 45.8 Å². The number of nitrogens with one attached hydrogen (secondary N) is 1. The van der Waals surface area contributed by atoms with Crippen LogP contribution in [0.2, 0.25) is 0 Å². The van der Waals surface area contributed by atoms with Crippen LogP contribution in [-0.2, 0) is 0 Å². The monoisotopic (exact) mass is 374 g/mol. The number of nitrogens with zero attached hydrogens (tertiary/aromatic N) is 1. The summed E-state index contributed by atoms with van der Waals surface area (Å²) in [6, 6.07) is 6.93. The number of rotatable bonds is 5. The Hall–Kier alpha value is -0.360. The largest absolute Gasteiger partial charge is 0.331 e. The lowest BCUT2D eigenvalue weighted by atomic mass is 10.1. The zero-order chi connectivity index (χ0) is 13.1. The smallest absolute Gasteiger partial charge is 0.178 e. The first-order valence-corrected chi connectivity index (χ1v) is 8.02. The first-order valence-electron chi connectivity index (χ1n) is 6.53. The number of halogens is 1. The predicted octanol–water partition coefficient (Wildman–Crippen LogP) is 5.44. The number of hydrogen-bond acceptors (Lipinski definition) is 1. The molecule has 1 unspecified atom stereocenters. The maximum atomic E-state index is 5.46. The molecular weight excluding hydrogens is 355 g/mol. The number of fused-ring (bicyclic) bond motifs is 1. The molecule has 1 N–H and O–H groups in total. The summed E-state index contributed by atoms with van der Waals surface area (Å²) in [6.07, 6.45) is 5.04. The lowest BCUT2D eigenvalue weighted by Gasteiger charge is -2.14. The third-order valence-electron chi connectivity index (χ3n) is 3.34. The van der Waals surface area contributed by atoms with Gasteiger partial charge in [-0.3, -0.25) is 0 Å². The van der Waals surface area contributed by atoms with Crippen LogP contribution in [0.5, 0.6) is 0 Å². The molecule has 1 atom stereocenters. The van der Waals surface area contributed by atoms with Gasteiger partial charge in [-0.15, -0.1) is 0 Å². The normalized spacial score (nSPS) is 13.1. The quantitative estimate of drug-likeness (QED) is 0.420. The van der Waals surface area contributed by atoms with E-state index in [4.69, 9.17) is 12.2 Å². The number of benzene rings is 1. The number of imidazole rings is 1.